The number of esters is 1. The van der Waals surface area contributed by atoms with Gasteiger partial charge in [0.25, 0.3) is 5.91 Å². The Bertz CT molecular complexity index is 747. The predicted molar refractivity (Wildman–Crippen MR) is 93.0 cm³/mol. The highest BCUT2D eigenvalue weighted by atomic mass is 35.5. The first-order valence-electron chi connectivity index (χ1n) is 7.01. The number of hydrogen-bond donors (Lipinski definition) is 1. The van der Waals surface area contributed by atoms with Crippen LogP contribution >= 0.6 is 23.2 Å². The highest BCUT2D eigenvalue weighted by molar-refractivity contribution is 6.31. The second-order valence-corrected chi connectivity index (χ2v) is 5.76. The average molecular weight is 368 g/mol. The second-order valence-electron chi connectivity index (χ2n) is 4.89. The molecule has 24 heavy (non-hydrogen) atoms. The van der Waals surface area contributed by atoms with Crippen LogP contribution in [0.2, 0.25) is 10.0 Å². The number of anilines is 1. The van der Waals surface area contributed by atoms with E-state index in [1.54, 1.807) is 36.4 Å². The average Bonchev–Trinajstić information content (AvgIpc) is 2.56. The minimum Gasteiger partial charge on any atom is -0.496 e. The lowest BCUT2D eigenvalue weighted by Gasteiger charge is -2.15. The molecule has 0 aliphatic rings. The molecule has 0 heterocycles. The number of hydrogen-bond acceptors (Lipinski definition) is 4. The first-order valence-corrected chi connectivity index (χ1v) is 7.77. The molecule has 1 unspecified atom stereocenters. The molecule has 126 valence electrons. The Morgan fingerprint density at radius 2 is 1.67 bits per heavy atom. The van der Waals surface area contributed by atoms with Crippen LogP contribution in [0.3, 0.4) is 0 Å². The molecule has 0 fully saturated rings. The number of nitrogens with one attached hydrogen (secondary N) is 1. The molecule has 0 aliphatic heterocycles. The first-order chi connectivity index (χ1) is 11.4. The van der Waals surface area contributed by atoms with E-state index in [0.29, 0.717) is 21.5 Å². The summed E-state index contributed by atoms with van der Waals surface area (Å²) in [7, 11) is 1.43. The quantitative estimate of drug-likeness (QED) is 0.804. The fourth-order valence-electron chi connectivity index (χ4n) is 1.89. The van der Waals surface area contributed by atoms with Gasteiger partial charge in [0, 0.05) is 15.7 Å². The van der Waals surface area contributed by atoms with Gasteiger partial charge in [-0.1, -0.05) is 23.2 Å². The number of halogens is 2. The van der Waals surface area contributed by atoms with E-state index in [9.17, 15) is 9.59 Å². The third-order valence-corrected chi connectivity index (χ3v) is 3.63. The Hall–Kier alpha value is -2.24. The molecule has 0 spiro atoms. The number of benzene rings is 2. The summed E-state index contributed by atoms with van der Waals surface area (Å²) in [5.41, 5.74) is 0.698. The van der Waals surface area contributed by atoms with Crippen molar-refractivity contribution in [3.63, 3.8) is 0 Å². The van der Waals surface area contributed by atoms with Crippen LogP contribution in [0.5, 0.6) is 5.75 Å². The Labute approximate surface area is 149 Å². The van der Waals surface area contributed by atoms with E-state index in [-0.39, 0.29) is 5.56 Å². The van der Waals surface area contributed by atoms with Gasteiger partial charge < -0.3 is 14.8 Å². The zero-order valence-electron chi connectivity index (χ0n) is 13.0. The number of amides is 1. The highest BCUT2D eigenvalue weighted by Gasteiger charge is 2.21. The van der Waals surface area contributed by atoms with Crippen LogP contribution in [-0.4, -0.2) is 25.1 Å². The summed E-state index contributed by atoms with van der Waals surface area (Å²) >= 11 is 11.7. The fraction of sp³-hybridized carbons (Fsp3) is 0.176. The van der Waals surface area contributed by atoms with Gasteiger partial charge in [0.2, 0.25) is 0 Å². The maximum absolute atomic E-state index is 12.2. The van der Waals surface area contributed by atoms with Crippen LogP contribution in [0.4, 0.5) is 5.69 Å². The summed E-state index contributed by atoms with van der Waals surface area (Å²) in [5.74, 6) is -0.852. The summed E-state index contributed by atoms with van der Waals surface area (Å²) in [6.45, 7) is 1.47. The third-order valence-electron chi connectivity index (χ3n) is 3.15. The molecule has 2 aromatic carbocycles. The molecule has 1 amide bonds. The molecule has 0 aromatic heterocycles. The highest BCUT2D eigenvalue weighted by Crippen LogP contribution is 2.24. The van der Waals surface area contributed by atoms with Gasteiger partial charge in [-0.25, -0.2) is 4.79 Å². The first kappa shape index (κ1) is 18.1. The normalized spacial score (nSPS) is 11.5. The Morgan fingerprint density at radius 1 is 1.04 bits per heavy atom. The van der Waals surface area contributed by atoms with Crippen LogP contribution < -0.4 is 10.1 Å². The monoisotopic (exact) mass is 367 g/mol. The number of methoxy groups -OCH3 is 1. The minimum absolute atomic E-state index is 0.149. The number of ether oxygens (including phenoxy) is 2. The van der Waals surface area contributed by atoms with Crippen LogP contribution in [0.15, 0.2) is 42.5 Å². The molecule has 0 saturated heterocycles. The molecular formula is C17H15Cl2NO4. The Balaban J connectivity index is 2.04. The van der Waals surface area contributed by atoms with Crippen molar-refractivity contribution in [3.05, 3.63) is 58.1 Å². The van der Waals surface area contributed by atoms with Crippen molar-refractivity contribution in [2.24, 2.45) is 0 Å². The summed E-state index contributed by atoms with van der Waals surface area (Å²) in [5, 5.41) is 3.55. The van der Waals surface area contributed by atoms with Crippen LogP contribution in [0.1, 0.15) is 17.3 Å². The van der Waals surface area contributed by atoms with Crippen molar-refractivity contribution >= 4 is 40.8 Å². The summed E-state index contributed by atoms with van der Waals surface area (Å²) in [4.78, 5) is 24.3. The van der Waals surface area contributed by atoms with Crippen molar-refractivity contribution in [1.29, 1.82) is 0 Å². The number of carbonyl (C=O) groups is 2. The Kier molecular flexibility index (Phi) is 6.06. The van der Waals surface area contributed by atoms with E-state index < -0.39 is 18.0 Å². The molecule has 2 aromatic rings. The molecule has 1 N–H and O–H groups in total. The summed E-state index contributed by atoms with van der Waals surface area (Å²) in [6.07, 6.45) is -1.00. The molecule has 5 nitrogen and oxygen atoms in total. The lowest BCUT2D eigenvalue weighted by atomic mass is 10.2. The van der Waals surface area contributed by atoms with Crippen molar-refractivity contribution in [1.82, 2.24) is 0 Å². The number of carbonyl (C=O) groups excluding carboxylic acids is 2. The third kappa shape index (κ3) is 4.63. The molecule has 0 bridgehead atoms. The van der Waals surface area contributed by atoms with Gasteiger partial charge in [-0.2, -0.15) is 0 Å². The summed E-state index contributed by atoms with van der Waals surface area (Å²) < 4.78 is 10.3. The topological polar surface area (TPSA) is 64.6 Å². The van der Waals surface area contributed by atoms with Gasteiger partial charge >= 0.3 is 5.97 Å². The zero-order chi connectivity index (χ0) is 17.7. The lowest BCUT2D eigenvalue weighted by molar-refractivity contribution is -0.123. The molecule has 0 aliphatic carbocycles. The van der Waals surface area contributed by atoms with E-state index in [1.807, 2.05) is 0 Å². The predicted octanol–water partition coefficient (Wildman–Crippen LogP) is 4.19. The van der Waals surface area contributed by atoms with Crippen LogP contribution in [0, 0.1) is 0 Å². The van der Waals surface area contributed by atoms with Gasteiger partial charge in [0.15, 0.2) is 6.10 Å². The van der Waals surface area contributed by atoms with Crippen molar-refractivity contribution in [2.45, 2.75) is 13.0 Å². The molecule has 0 saturated carbocycles. The van der Waals surface area contributed by atoms with Gasteiger partial charge in [0.1, 0.15) is 11.3 Å². The molecular weight excluding hydrogens is 353 g/mol. The van der Waals surface area contributed by atoms with Crippen LogP contribution in [-0.2, 0) is 9.53 Å². The maximum Gasteiger partial charge on any atom is 0.342 e. The molecule has 7 heteroatoms. The fourth-order valence-corrected chi connectivity index (χ4v) is 2.19. The van der Waals surface area contributed by atoms with E-state index in [2.05, 4.69) is 5.32 Å². The van der Waals surface area contributed by atoms with Gasteiger partial charge in [-0.05, 0) is 49.4 Å². The van der Waals surface area contributed by atoms with Gasteiger partial charge in [0.05, 0.1) is 7.11 Å². The number of rotatable bonds is 5. The minimum atomic E-state index is -1.00. The van der Waals surface area contributed by atoms with E-state index >= 15 is 0 Å². The van der Waals surface area contributed by atoms with Gasteiger partial charge in [-0.3, -0.25) is 4.79 Å². The SMILES string of the molecule is COc1ccc(Cl)cc1C(=O)OC(C)C(=O)Nc1ccc(Cl)cc1. The summed E-state index contributed by atoms with van der Waals surface area (Å²) in [6, 6.07) is 11.1. The lowest BCUT2D eigenvalue weighted by Crippen LogP contribution is -2.30. The van der Waals surface area contributed by atoms with Crippen LogP contribution in [0.25, 0.3) is 0 Å². The molecule has 0 radical (unpaired) electrons. The Morgan fingerprint density at radius 3 is 2.29 bits per heavy atom. The second kappa shape index (κ2) is 8.04. The zero-order valence-corrected chi connectivity index (χ0v) is 14.5. The smallest absolute Gasteiger partial charge is 0.342 e. The maximum atomic E-state index is 12.2. The van der Waals surface area contributed by atoms with Crippen molar-refractivity contribution in [3.8, 4) is 5.75 Å². The molecule has 1 atom stereocenters. The standard InChI is InChI=1S/C17H15Cl2NO4/c1-10(16(21)20-13-6-3-11(18)4-7-13)24-17(22)14-9-12(19)5-8-15(14)23-2/h3-10H,1-2H3,(H,20,21). The van der Waals surface area contributed by atoms with Gasteiger partial charge in [-0.15, -0.1) is 0 Å². The molecule has 2 rings (SSSR count). The van der Waals surface area contributed by atoms with Crippen molar-refractivity contribution < 1.29 is 19.1 Å². The largest absolute Gasteiger partial charge is 0.496 e. The van der Waals surface area contributed by atoms with E-state index in [0.717, 1.165) is 0 Å². The van der Waals surface area contributed by atoms with E-state index in [1.165, 1.54) is 20.1 Å². The van der Waals surface area contributed by atoms with E-state index in [4.69, 9.17) is 32.7 Å². The van der Waals surface area contributed by atoms with Crippen molar-refractivity contribution in [2.75, 3.05) is 12.4 Å².